The molecule has 1 fully saturated rings. The first-order chi connectivity index (χ1) is 13.1. The van der Waals surface area contributed by atoms with E-state index >= 15 is 0 Å². The predicted molar refractivity (Wildman–Crippen MR) is 104 cm³/mol. The van der Waals surface area contributed by atoms with Crippen LogP contribution in [0.1, 0.15) is 36.9 Å². The predicted octanol–water partition coefficient (Wildman–Crippen LogP) is 3.98. The summed E-state index contributed by atoms with van der Waals surface area (Å²) in [5.74, 6) is 0.756. The highest BCUT2D eigenvalue weighted by Gasteiger charge is 2.31. The normalized spacial score (nSPS) is 16.7. The van der Waals surface area contributed by atoms with Crippen LogP contribution in [0, 0.1) is 5.92 Å². The van der Waals surface area contributed by atoms with E-state index in [-0.39, 0.29) is 12.0 Å². The average Bonchev–Trinajstić information content (AvgIpc) is 2.70. The number of nitrogens with zero attached hydrogens (tertiary/aromatic N) is 1. The standard InChI is InChI=1S/C22H27NO4/c1-3-27-20-7-5-4-6-19(20)21(16-8-10-18(26-2)11-9-16)23-14-12-17(13-15-23)22(24)25/h4-11,17,21H,3,12-15H2,1-2H3,(H,24,25). The van der Waals surface area contributed by atoms with Crippen LogP contribution in [0.5, 0.6) is 11.5 Å². The van der Waals surface area contributed by atoms with Gasteiger partial charge in [-0.15, -0.1) is 0 Å². The summed E-state index contributed by atoms with van der Waals surface area (Å²) in [5, 5.41) is 9.32. The number of para-hydroxylation sites is 1. The summed E-state index contributed by atoms with van der Waals surface area (Å²) < 4.78 is 11.2. The third-order valence-electron chi connectivity index (χ3n) is 5.19. The molecular weight excluding hydrogens is 342 g/mol. The summed E-state index contributed by atoms with van der Waals surface area (Å²) in [7, 11) is 1.66. The van der Waals surface area contributed by atoms with Gasteiger partial charge in [0.25, 0.3) is 0 Å². The van der Waals surface area contributed by atoms with Gasteiger partial charge in [0.1, 0.15) is 11.5 Å². The van der Waals surface area contributed by atoms with E-state index in [0.29, 0.717) is 19.4 Å². The largest absolute Gasteiger partial charge is 0.497 e. The second-order valence-electron chi connectivity index (χ2n) is 6.80. The van der Waals surface area contributed by atoms with Crippen molar-refractivity contribution in [2.24, 2.45) is 5.92 Å². The van der Waals surface area contributed by atoms with Gasteiger partial charge in [0, 0.05) is 5.56 Å². The fourth-order valence-electron chi connectivity index (χ4n) is 3.77. The molecule has 1 heterocycles. The first-order valence-corrected chi connectivity index (χ1v) is 9.46. The van der Waals surface area contributed by atoms with Crippen LogP contribution in [0.25, 0.3) is 0 Å². The Morgan fingerprint density at radius 2 is 1.81 bits per heavy atom. The zero-order chi connectivity index (χ0) is 19.2. The van der Waals surface area contributed by atoms with Gasteiger partial charge in [-0.1, -0.05) is 30.3 Å². The summed E-state index contributed by atoms with van der Waals surface area (Å²) in [6.07, 6.45) is 1.33. The monoisotopic (exact) mass is 369 g/mol. The van der Waals surface area contributed by atoms with Crippen molar-refractivity contribution in [3.63, 3.8) is 0 Å². The van der Waals surface area contributed by atoms with E-state index in [0.717, 1.165) is 35.7 Å². The number of likely N-dealkylation sites (tertiary alicyclic amines) is 1. The molecule has 3 rings (SSSR count). The number of piperidine rings is 1. The Kier molecular flexibility index (Phi) is 6.35. The minimum atomic E-state index is -0.689. The van der Waals surface area contributed by atoms with E-state index in [1.807, 2.05) is 37.3 Å². The molecule has 1 aliphatic heterocycles. The third-order valence-corrected chi connectivity index (χ3v) is 5.19. The SMILES string of the molecule is CCOc1ccccc1C(c1ccc(OC)cc1)N1CCC(C(=O)O)CC1. The van der Waals surface area contributed by atoms with Crippen molar-refractivity contribution in [1.29, 1.82) is 0 Å². The molecule has 0 aromatic heterocycles. The van der Waals surface area contributed by atoms with E-state index in [1.54, 1.807) is 7.11 Å². The van der Waals surface area contributed by atoms with Crippen molar-refractivity contribution in [1.82, 2.24) is 4.90 Å². The minimum absolute atomic E-state index is 0.0217. The number of methoxy groups -OCH3 is 1. The van der Waals surface area contributed by atoms with Gasteiger partial charge in [0.05, 0.1) is 25.7 Å². The first-order valence-electron chi connectivity index (χ1n) is 9.46. The maximum atomic E-state index is 11.3. The van der Waals surface area contributed by atoms with E-state index < -0.39 is 5.97 Å². The molecule has 1 unspecified atom stereocenters. The van der Waals surface area contributed by atoms with Crippen molar-refractivity contribution in [3.05, 3.63) is 59.7 Å². The summed E-state index contributed by atoms with van der Waals surface area (Å²) >= 11 is 0. The van der Waals surface area contributed by atoms with Gasteiger partial charge in [-0.25, -0.2) is 0 Å². The maximum absolute atomic E-state index is 11.3. The molecule has 1 atom stereocenters. The highest BCUT2D eigenvalue weighted by atomic mass is 16.5. The fourth-order valence-corrected chi connectivity index (χ4v) is 3.77. The van der Waals surface area contributed by atoms with E-state index in [4.69, 9.17) is 9.47 Å². The van der Waals surface area contributed by atoms with Crippen molar-refractivity contribution in [2.45, 2.75) is 25.8 Å². The molecule has 0 saturated carbocycles. The van der Waals surface area contributed by atoms with Gasteiger partial charge in [-0.05, 0) is 56.6 Å². The van der Waals surface area contributed by atoms with Crippen LogP contribution < -0.4 is 9.47 Å². The molecule has 1 N–H and O–H groups in total. The maximum Gasteiger partial charge on any atom is 0.306 e. The number of hydrogen-bond acceptors (Lipinski definition) is 4. The Morgan fingerprint density at radius 3 is 2.41 bits per heavy atom. The van der Waals surface area contributed by atoms with Crippen LogP contribution in [-0.2, 0) is 4.79 Å². The highest BCUT2D eigenvalue weighted by Crippen LogP contribution is 2.37. The summed E-state index contributed by atoms with van der Waals surface area (Å²) in [6.45, 7) is 4.08. The summed E-state index contributed by atoms with van der Waals surface area (Å²) in [6, 6.07) is 16.2. The van der Waals surface area contributed by atoms with Crippen LogP contribution in [0.15, 0.2) is 48.5 Å². The molecule has 0 spiro atoms. The lowest BCUT2D eigenvalue weighted by Gasteiger charge is -2.37. The van der Waals surface area contributed by atoms with Crippen molar-refractivity contribution < 1.29 is 19.4 Å². The van der Waals surface area contributed by atoms with Crippen LogP contribution in [0.2, 0.25) is 0 Å². The average molecular weight is 369 g/mol. The van der Waals surface area contributed by atoms with Crippen LogP contribution >= 0.6 is 0 Å². The lowest BCUT2D eigenvalue weighted by atomic mass is 9.91. The number of ether oxygens (including phenoxy) is 2. The molecule has 0 amide bonds. The van der Waals surface area contributed by atoms with E-state index in [9.17, 15) is 9.90 Å². The fraction of sp³-hybridized carbons (Fsp3) is 0.409. The van der Waals surface area contributed by atoms with E-state index in [2.05, 4.69) is 23.1 Å². The van der Waals surface area contributed by atoms with Crippen LogP contribution in [0.4, 0.5) is 0 Å². The Bertz CT molecular complexity index is 751. The Morgan fingerprint density at radius 1 is 1.15 bits per heavy atom. The summed E-state index contributed by atoms with van der Waals surface area (Å²) in [5.41, 5.74) is 2.26. The minimum Gasteiger partial charge on any atom is -0.497 e. The summed E-state index contributed by atoms with van der Waals surface area (Å²) in [4.78, 5) is 13.7. The number of benzene rings is 2. The number of rotatable bonds is 7. The van der Waals surface area contributed by atoms with Crippen molar-refractivity contribution in [2.75, 3.05) is 26.8 Å². The Hall–Kier alpha value is -2.53. The zero-order valence-corrected chi connectivity index (χ0v) is 15.9. The molecule has 144 valence electrons. The van der Waals surface area contributed by atoms with Crippen LogP contribution in [0.3, 0.4) is 0 Å². The first kappa shape index (κ1) is 19.2. The number of aliphatic carboxylic acids is 1. The third kappa shape index (κ3) is 4.42. The van der Waals surface area contributed by atoms with Crippen molar-refractivity contribution >= 4 is 5.97 Å². The molecule has 5 heteroatoms. The molecule has 0 radical (unpaired) electrons. The van der Waals surface area contributed by atoms with Gasteiger partial charge in [-0.2, -0.15) is 0 Å². The molecule has 0 aliphatic carbocycles. The molecule has 1 saturated heterocycles. The van der Waals surface area contributed by atoms with Crippen molar-refractivity contribution in [3.8, 4) is 11.5 Å². The molecular formula is C22H27NO4. The Labute approximate surface area is 160 Å². The van der Waals surface area contributed by atoms with Gasteiger partial charge in [-0.3, -0.25) is 9.69 Å². The number of hydrogen-bond donors (Lipinski definition) is 1. The van der Waals surface area contributed by atoms with Gasteiger partial charge in [0.2, 0.25) is 0 Å². The molecule has 27 heavy (non-hydrogen) atoms. The second-order valence-corrected chi connectivity index (χ2v) is 6.80. The molecule has 0 bridgehead atoms. The molecule has 2 aromatic rings. The Balaban J connectivity index is 1.95. The quantitative estimate of drug-likeness (QED) is 0.800. The highest BCUT2D eigenvalue weighted by molar-refractivity contribution is 5.70. The smallest absolute Gasteiger partial charge is 0.306 e. The second kappa shape index (κ2) is 8.91. The van der Waals surface area contributed by atoms with Gasteiger partial charge in [0.15, 0.2) is 0 Å². The lowest BCUT2D eigenvalue weighted by molar-refractivity contribution is -0.143. The van der Waals surface area contributed by atoms with Crippen LogP contribution in [-0.4, -0.2) is 42.8 Å². The number of carbonyl (C=O) groups is 1. The van der Waals surface area contributed by atoms with E-state index in [1.165, 1.54) is 0 Å². The number of carboxylic acid groups (broad SMARTS) is 1. The molecule has 5 nitrogen and oxygen atoms in total. The van der Waals surface area contributed by atoms with Gasteiger partial charge < -0.3 is 14.6 Å². The van der Waals surface area contributed by atoms with Gasteiger partial charge >= 0.3 is 5.97 Å². The number of carboxylic acids is 1. The zero-order valence-electron chi connectivity index (χ0n) is 15.9. The molecule has 2 aromatic carbocycles. The topological polar surface area (TPSA) is 59.0 Å². The molecule has 1 aliphatic rings. The lowest BCUT2D eigenvalue weighted by Crippen LogP contribution is -2.39.